The SMILES string of the molecule is COc1cccc(COc2ccc(Cl)cc2CCCN2CCN(C)CC2)c1. The van der Waals surface area contributed by atoms with Crippen molar-refractivity contribution in [2.24, 2.45) is 0 Å². The number of ether oxygens (including phenoxy) is 2. The third kappa shape index (κ3) is 6.13. The Hall–Kier alpha value is -1.75. The molecular weight excluding hydrogens is 360 g/mol. The van der Waals surface area contributed by atoms with Gasteiger partial charge >= 0.3 is 0 Å². The number of benzene rings is 2. The van der Waals surface area contributed by atoms with E-state index in [9.17, 15) is 0 Å². The molecule has 0 aromatic heterocycles. The number of rotatable bonds is 8. The maximum atomic E-state index is 6.23. The zero-order valence-electron chi connectivity index (χ0n) is 16.3. The maximum Gasteiger partial charge on any atom is 0.123 e. The predicted molar refractivity (Wildman–Crippen MR) is 111 cm³/mol. The van der Waals surface area contributed by atoms with E-state index in [0.717, 1.165) is 67.7 Å². The van der Waals surface area contributed by atoms with Crippen molar-refractivity contribution in [3.05, 3.63) is 58.6 Å². The third-order valence-electron chi connectivity index (χ3n) is 5.07. The number of nitrogens with zero attached hydrogens (tertiary/aromatic N) is 2. The molecule has 0 saturated carbocycles. The van der Waals surface area contributed by atoms with E-state index in [1.807, 2.05) is 42.5 Å². The van der Waals surface area contributed by atoms with Crippen LogP contribution in [0.25, 0.3) is 0 Å². The number of piperazine rings is 1. The first-order chi connectivity index (χ1) is 13.1. The summed E-state index contributed by atoms with van der Waals surface area (Å²) >= 11 is 6.23. The Bertz CT molecular complexity index is 730. The lowest BCUT2D eigenvalue weighted by molar-refractivity contribution is 0.153. The minimum atomic E-state index is 0.518. The number of likely N-dealkylation sites (N-methyl/N-ethyl adjacent to an activating group) is 1. The highest BCUT2D eigenvalue weighted by atomic mass is 35.5. The molecule has 0 amide bonds. The molecule has 146 valence electrons. The number of aryl methyl sites for hydroxylation is 1. The van der Waals surface area contributed by atoms with Gasteiger partial charge in [0, 0.05) is 31.2 Å². The van der Waals surface area contributed by atoms with E-state index in [1.54, 1.807) is 7.11 Å². The van der Waals surface area contributed by atoms with Gasteiger partial charge in [0.15, 0.2) is 0 Å². The fraction of sp³-hybridized carbons (Fsp3) is 0.455. The summed E-state index contributed by atoms with van der Waals surface area (Å²) in [5.41, 5.74) is 2.27. The molecule has 0 unspecified atom stereocenters. The molecule has 0 atom stereocenters. The molecule has 0 N–H and O–H groups in total. The van der Waals surface area contributed by atoms with E-state index >= 15 is 0 Å². The number of halogens is 1. The minimum Gasteiger partial charge on any atom is -0.497 e. The van der Waals surface area contributed by atoms with E-state index in [1.165, 1.54) is 5.56 Å². The average Bonchev–Trinajstić information content (AvgIpc) is 2.69. The molecule has 5 heteroatoms. The van der Waals surface area contributed by atoms with Crippen LogP contribution in [-0.4, -0.2) is 56.7 Å². The third-order valence-corrected chi connectivity index (χ3v) is 5.30. The summed E-state index contributed by atoms with van der Waals surface area (Å²) in [7, 11) is 3.87. The summed E-state index contributed by atoms with van der Waals surface area (Å²) in [5.74, 6) is 1.76. The fourth-order valence-electron chi connectivity index (χ4n) is 3.37. The van der Waals surface area contributed by atoms with Gasteiger partial charge < -0.3 is 19.3 Å². The van der Waals surface area contributed by atoms with Gasteiger partial charge in [-0.25, -0.2) is 0 Å². The topological polar surface area (TPSA) is 24.9 Å². The first-order valence-electron chi connectivity index (χ1n) is 9.59. The molecule has 1 heterocycles. The molecular formula is C22H29ClN2O2. The highest BCUT2D eigenvalue weighted by molar-refractivity contribution is 6.30. The van der Waals surface area contributed by atoms with Crippen molar-refractivity contribution in [3.63, 3.8) is 0 Å². The minimum absolute atomic E-state index is 0.518. The zero-order valence-corrected chi connectivity index (χ0v) is 17.0. The van der Waals surface area contributed by atoms with Gasteiger partial charge in [-0.05, 0) is 67.9 Å². The number of hydrogen-bond acceptors (Lipinski definition) is 4. The molecule has 2 aromatic rings. The molecule has 4 nitrogen and oxygen atoms in total. The molecule has 0 radical (unpaired) electrons. The summed E-state index contributed by atoms with van der Waals surface area (Å²) < 4.78 is 11.4. The Morgan fingerprint density at radius 1 is 1.04 bits per heavy atom. The van der Waals surface area contributed by atoms with Crippen molar-refractivity contribution >= 4 is 11.6 Å². The van der Waals surface area contributed by atoms with Crippen LogP contribution in [0.1, 0.15) is 17.5 Å². The largest absolute Gasteiger partial charge is 0.497 e. The van der Waals surface area contributed by atoms with E-state index in [-0.39, 0.29) is 0 Å². The highest BCUT2D eigenvalue weighted by Crippen LogP contribution is 2.26. The standard InChI is InChI=1S/C22H29ClN2O2/c1-24-11-13-25(14-12-24)10-4-6-19-16-20(23)8-9-22(19)27-17-18-5-3-7-21(15-18)26-2/h3,5,7-9,15-16H,4,6,10-14,17H2,1-2H3. The van der Waals surface area contributed by atoms with E-state index in [0.29, 0.717) is 6.61 Å². The molecule has 0 spiro atoms. The quantitative estimate of drug-likeness (QED) is 0.679. The lowest BCUT2D eigenvalue weighted by Gasteiger charge is -2.32. The second-order valence-corrected chi connectivity index (χ2v) is 7.58. The second kappa shape index (κ2) is 9.98. The van der Waals surface area contributed by atoms with Gasteiger partial charge in [0.25, 0.3) is 0 Å². The molecule has 0 aliphatic carbocycles. The highest BCUT2D eigenvalue weighted by Gasteiger charge is 2.13. The van der Waals surface area contributed by atoms with Crippen LogP contribution in [-0.2, 0) is 13.0 Å². The molecule has 2 aromatic carbocycles. The predicted octanol–water partition coefficient (Wildman–Crippen LogP) is 4.11. The van der Waals surface area contributed by atoms with Gasteiger partial charge in [-0.15, -0.1) is 0 Å². The first-order valence-corrected chi connectivity index (χ1v) is 9.97. The maximum absolute atomic E-state index is 6.23. The summed E-state index contributed by atoms with van der Waals surface area (Å²) in [6, 6.07) is 13.9. The summed E-state index contributed by atoms with van der Waals surface area (Å²) in [5, 5.41) is 0.762. The van der Waals surface area contributed by atoms with Crippen LogP contribution < -0.4 is 9.47 Å². The molecule has 0 bridgehead atoms. The number of hydrogen-bond donors (Lipinski definition) is 0. The van der Waals surface area contributed by atoms with Crippen LogP contribution in [0.2, 0.25) is 5.02 Å². The van der Waals surface area contributed by atoms with Crippen molar-refractivity contribution in [2.45, 2.75) is 19.4 Å². The van der Waals surface area contributed by atoms with Gasteiger partial charge in [-0.1, -0.05) is 23.7 Å². The molecule has 1 fully saturated rings. The van der Waals surface area contributed by atoms with Crippen molar-refractivity contribution in [2.75, 3.05) is 46.9 Å². The molecule has 3 rings (SSSR count). The number of methoxy groups -OCH3 is 1. The summed E-state index contributed by atoms with van der Waals surface area (Å²) in [6.07, 6.45) is 2.08. The average molecular weight is 389 g/mol. The van der Waals surface area contributed by atoms with Crippen LogP contribution >= 0.6 is 11.6 Å². The Balaban J connectivity index is 1.55. The Morgan fingerprint density at radius 2 is 1.85 bits per heavy atom. The molecule has 1 saturated heterocycles. The Kier molecular flexibility index (Phi) is 7.39. The van der Waals surface area contributed by atoms with Gasteiger partial charge in [-0.3, -0.25) is 0 Å². The normalized spacial score (nSPS) is 15.7. The van der Waals surface area contributed by atoms with E-state index < -0.39 is 0 Å². The van der Waals surface area contributed by atoms with E-state index in [2.05, 4.69) is 16.8 Å². The Morgan fingerprint density at radius 3 is 2.63 bits per heavy atom. The van der Waals surface area contributed by atoms with Crippen LogP contribution in [0.5, 0.6) is 11.5 Å². The molecule has 1 aliphatic heterocycles. The van der Waals surface area contributed by atoms with Gasteiger partial charge in [0.2, 0.25) is 0 Å². The first kappa shape index (κ1) is 20.0. The smallest absolute Gasteiger partial charge is 0.123 e. The van der Waals surface area contributed by atoms with Gasteiger partial charge in [0.05, 0.1) is 7.11 Å². The lowest BCUT2D eigenvalue weighted by Crippen LogP contribution is -2.44. The molecule has 1 aliphatic rings. The monoisotopic (exact) mass is 388 g/mol. The summed E-state index contributed by atoms with van der Waals surface area (Å²) in [6.45, 7) is 6.27. The van der Waals surface area contributed by atoms with Crippen LogP contribution in [0, 0.1) is 0 Å². The van der Waals surface area contributed by atoms with Crippen LogP contribution in [0.4, 0.5) is 0 Å². The molecule has 27 heavy (non-hydrogen) atoms. The van der Waals surface area contributed by atoms with Crippen molar-refractivity contribution in [1.29, 1.82) is 0 Å². The summed E-state index contributed by atoms with van der Waals surface area (Å²) in [4.78, 5) is 4.93. The zero-order chi connectivity index (χ0) is 19.1. The Labute approximate surface area is 167 Å². The van der Waals surface area contributed by atoms with Gasteiger partial charge in [0.1, 0.15) is 18.1 Å². The van der Waals surface area contributed by atoms with E-state index in [4.69, 9.17) is 21.1 Å². The van der Waals surface area contributed by atoms with Crippen molar-refractivity contribution in [1.82, 2.24) is 9.80 Å². The lowest BCUT2D eigenvalue weighted by atomic mass is 10.1. The van der Waals surface area contributed by atoms with Crippen LogP contribution in [0.15, 0.2) is 42.5 Å². The fourth-order valence-corrected chi connectivity index (χ4v) is 3.57. The second-order valence-electron chi connectivity index (χ2n) is 7.14. The van der Waals surface area contributed by atoms with Crippen LogP contribution in [0.3, 0.4) is 0 Å². The van der Waals surface area contributed by atoms with Crippen molar-refractivity contribution < 1.29 is 9.47 Å². The van der Waals surface area contributed by atoms with Crippen molar-refractivity contribution in [3.8, 4) is 11.5 Å². The van der Waals surface area contributed by atoms with Gasteiger partial charge in [-0.2, -0.15) is 0 Å².